The van der Waals surface area contributed by atoms with Crippen LogP contribution in [0.3, 0.4) is 0 Å². The summed E-state index contributed by atoms with van der Waals surface area (Å²) in [5.74, 6) is -0.0258. The van der Waals surface area contributed by atoms with Crippen LogP contribution in [0.2, 0.25) is 0 Å². The molecule has 2 aromatic carbocycles. The van der Waals surface area contributed by atoms with Crippen molar-refractivity contribution in [2.75, 3.05) is 13.7 Å². The molecule has 0 saturated heterocycles. The van der Waals surface area contributed by atoms with E-state index in [0.717, 1.165) is 23.2 Å². The lowest BCUT2D eigenvalue weighted by atomic mass is 9.97. The predicted molar refractivity (Wildman–Crippen MR) is 132 cm³/mol. The molecular formula is C26H28N4O5. The molecule has 182 valence electrons. The smallest absolute Gasteiger partial charge is 0.335 e. The van der Waals surface area contributed by atoms with Crippen molar-refractivity contribution in [1.82, 2.24) is 19.7 Å². The number of hydrogen-bond acceptors (Lipinski definition) is 6. The second kappa shape index (κ2) is 10.1. The van der Waals surface area contributed by atoms with Gasteiger partial charge < -0.3 is 19.6 Å². The first kappa shape index (κ1) is 24.2. The molecule has 9 nitrogen and oxygen atoms in total. The molecule has 0 amide bonds. The Labute approximate surface area is 202 Å². The number of aromatic amines is 1. The largest absolute Gasteiger partial charge is 0.493 e. The average Bonchev–Trinajstić information content (AvgIpc) is 3.16. The zero-order valence-corrected chi connectivity index (χ0v) is 20.2. The minimum Gasteiger partial charge on any atom is -0.493 e. The molecule has 0 saturated carbocycles. The highest BCUT2D eigenvalue weighted by Crippen LogP contribution is 2.34. The summed E-state index contributed by atoms with van der Waals surface area (Å²) in [4.78, 5) is 31.9. The maximum atomic E-state index is 13.0. The van der Waals surface area contributed by atoms with Crippen molar-refractivity contribution < 1.29 is 19.4 Å². The molecular weight excluding hydrogens is 448 g/mol. The number of aryl methyl sites for hydroxylation is 2. The van der Waals surface area contributed by atoms with E-state index < -0.39 is 12.1 Å². The molecule has 0 aliphatic heterocycles. The summed E-state index contributed by atoms with van der Waals surface area (Å²) in [6, 6.07) is 12.1. The number of fused-ring (bicyclic) bond motifs is 1. The molecule has 0 radical (unpaired) electrons. The maximum absolute atomic E-state index is 13.0. The van der Waals surface area contributed by atoms with Crippen molar-refractivity contribution in [1.29, 1.82) is 0 Å². The Morgan fingerprint density at radius 1 is 1.14 bits per heavy atom. The summed E-state index contributed by atoms with van der Waals surface area (Å²) in [6.07, 6.45) is 1.13. The third-order valence-corrected chi connectivity index (χ3v) is 5.81. The Hall–Kier alpha value is -3.98. The van der Waals surface area contributed by atoms with Gasteiger partial charge in [0.15, 0.2) is 5.52 Å². The zero-order chi connectivity index (χ0) is 25.1. The highest BCUT2D eigenvalue weighted by molar-refractivity contribution is 5.87. The summed E-state index contributed by atoms with van der Waals surface area (Å²) in [5.41, 5.74) is 3.93. The number of methoxy groups -OCH3 is 1. The molecule has 2 heterocycles. The number of benzene rings is 2. The van der Waals surface area contributed by atoms with E-state index >= 15 is 0 Å². The minimum atomic E-state index is -0.989. The number of rotatable bonds is 9. The van der Waals surface area contributed by atoms with Crippen LogP contribution in [0.25, 0.3) is 22.4 Å². The number of carboxylic acids is 1. The van der Waals surface area contributed by atoms with Gasteiger partial charge in [-0.2, -0.15) is 5.10 Å². The highest BCUT2D eigenvalue weighted by atomic mass is 16.5. The van der Waals surface area contributed by atoms with Gasteiger partial charge in [0.25, 0.3) is 5.56 Å². The Morgan fingerprint density at radius 2 is 1.86 bits per heavy atom. The number of aromatic nitrogens is 4. The molecule has 1 atom stereocenters. The van der Waals surface area contributed by atoms with Crippen molar-refractivity contribution in [2.45, 2.75) is 32.8 Å². The van der Waals surface area contributed by atoms with Crippen LogP contribution in [-0.4, -0.2) is 44.5 Å². The van der Waals surface area contributed by atoms with Crippen LogP contribution < -0.4 is 10.3 Å². The Balaban J connectivity index is 1.85. The van der Waals surface area contributed by atoms with Crippen molar-refractivity contribution in [3.63, 3.8) is 0 Å². The topological polar surface area (TPSA) is 119 Å². The molecule has 9 heteroatoms. The Kier molecular flexibility index (Phi) is 6.97. The summed E-state index contributed by atoms with van der Waals surface area (Å²) in [7, 11) is 3.33. The van der Waals surface area contributed by atoms with E-state index in [1.807, 2.05) is 25.1 Å². The number of carboxylic acid groups (broad SMARTS) is 1. The maximum Gasteiger partial charge on any atom is 0.335 e. The van der Waals surface area contributed by atoms with Crippen LogP contribution in [0.5, 0.6) is 5.75 Å². The molecule has 1 unspecified atom stereocenters. The Morgan fingerprint density at radius 3 is 2.49 bits per heavy atom. The molecule has 2 aromatic heterocycles. The fraction of sp³-hybridized carbons (Fsp3) is 0.308. The first-order valence-electron chi connectivity index (χ1n) is 11.5. The standard InChI is InChI=1S/C26H28N4O5/c1-5-7-19-21-22(30(3)29-19)25(31)28-24(27-21)18-14-17(12-13-20(18)35-6-2)23(34-4)15-8-10-16(11-9-15)26(32)33/h8-14,23H,5-7H2,1-4H3,(H,32,33)(H,27,28,31). The second-order valence-corrected chi connectivity index (χ2v) is 8.16. The lowest BCUT2D eigenvalue weighted by molar-refractivity contribution is 0.0696. The van der Waals surface area contributed by atoms with Crippen molar-refractivity contribution >= 4 is 17.0 Å². The van der Waals surface area contributed by atoms with Crippen LogP contribution in [0.15, 0.2) is 47.3 Å². The van der Waals surface area contributed by atoms with E-state index in [1.165, 1.54) is 0 Å². The van der Waals surface area contributed by atoms with Gasteiger partial charge in [0.2, 0.25) is 0 Å². The second-order valence-electron chi connectivity index (χ2n) is 8.16. The van der Waals surface area contributed by atoms with Gasteiger partial charge in [0.05, 0.1) is 23.4 Å². The van der Waals surface area contributed by atoms with Gasteiger partial charge in [-0.1, -0.05) is 31.5 Å². The molecule has 4 aromatic rings. The fourth-order valence-corrected chi connectivity index (χ4v) is 4.22. The molecule has 35 heavy (non-hydrogen) atoms. The summed E-state index contributed by atoms with van der Waals surface area (Å²) >= 11 is 0. The van der Waals surface area contributed by atoms with Crippen LogP contribution in [0.4, 0.5) is 0 Å². The molecule has 0 bridgehead atoms. The summed E-state index contributed by atoms with van der Waals surface area (Å²) in [5, 5.41) is 13.7. The summed E-state index contributed by atoms with van der Waals surface area (Å²) < 4.78 is 13.2. The molecule has 0 spiro atoms. The number of H-pyrrole nitrogens is 1. The SMILES string of the molecule is CCCc1nn(C)c2c(=O)[nH]c(-c3cc(C(OC)c4ccc(C(=O)O)cc4)ccc3OCC)nc12. The van der Waals surface area contributed by atoms with Gasteiger partial charge in [0.1, 0.15) is 23.2 Å². The van der Waals surface area contributed by atoms with Gasteiger partial charge in [-0.15, -0.1) is 0 Å². The minimum absolute atomic E-state index is 0.199. The number of ether oxygens (including phenoxy) is 2. The van der Waals surface area contributed by atoms with E-state index in [0.29, 0.717) is 41.2 Å². The first-order valence-corrected chi connectivity index (χ1v) is 11.5. The van der Waals surface area contributed by atoms with Crippen LogP contribution in [-0.2, 0) is 18.2 Å². The normalized spacial score (nSPS) is 12.1. The van der Waals surface area contributed by atoms with E-state index in [4.69, 9.17) is 14.5 Å². The van der Waals surface area contributed by atoms with Crippen LogP contribution >= 0.6 is 0 Å². The number of aromatic carboxylic acids is 1. The van der Waals surface area contributed by atoms with E-state index in [-0.39, 0.29) is 11.1 Å². The number of hydrogen-bond donors (Lipinski definition) is 2. The molecule has 0 fully saturated rings. The third kappa shape index (κ3) is 4.67. The van der Waals surface area contributed by atoms with Crippen molar-refractivity contribution in [3.8, 4) is 17.1 Å². The average molecular weight is 477 g/mol. The third-order valence-electron chi connectivity index (χ3n) is 5.81. The molecule has 0 aliphatic carbocycles. The zero-order valence-electron chi connectivity index (χ0n) is 20.2. The van der Waals surface area contributed by atoms with Gasteiger partial charge in [-0.25, -0.2) is 9.78 Å². The number of carbonyl (C=O) groups is 1. The molecule has 0 aliphatic rings. The Bertz CT molecular complexity index is 1420. The van der Waals surface area contributed by atoms with Gasteiger partial charge in [-0.3, -0.25) is 9.48 Å². The number of nitrogens with zero attached hydrogens (tertiary/aromatic N) is 3. The fourth-order valence-electron chi connectivity index (χ4n) is 4.22. The monoisotopic (exact) mass is 476 g/mol. The van der Waals surface area contributed by atoms with E-state index in [1.54, 1.807) is 43.1 Å². The quantitative estimate of drug-likeness (QED) is 0.373. The van der Waals surface area contributed by atoms with Gasteiger partial charge in [-0.05, 0) is 48.7 Å². The number of nitrogens with one attached hydrogen (secondary N) is 1. The predicted octanol–water partition coefficient (Wildman–Crippen LogP) is 4.11. The summed E-state index contributed by atoms with van der Waals surface area (Å²) in [6.45, 7) is 4.38. The van der Waals surface area contributed by atoms with Crippen molar-refractivity contribution in [3.05, 3.63) is 75.2 Å². The van der Waals surface area contributed by atoms with Crippen LogP contribution in [0, 0.1) is 0 Å². The van der Waals surface area contributed by atoms with Gasteiger partial charge >= 0.3 is 5.97 Å². The van der Waals surface area contributed by atoms with Crippen LogP contribution in [0.1, 0.15) is 53.6 Å². The van der Waals surface area contributed by atoms with Gasteiger partial charge in [0, 0.05) is 14.2 Å². The molecule has 2 N–H and O–H groups in total. The van der Waals surface area contributed by atoms with Crippen molar-refractivity contribution in [2.24, 2.45) is 7.05 Å². The lowest BCUT2D eigenvalue weighted by Crippen LogP contribution is -2.13. The molecule has 4 rings (SSSR count). The van der Waals surface area contributed by atoms with E-state index in [2.05, 4.69) is 17.0 Å². The first-order chi connectivity index (χ1) is 16.9. The lowest BCUT2D eigenvalue weighted by Gasteiger charge is -2.19. The highest BCUT2D eigenvalue weighted by Gasteiger charge is 2.20. The van der Waals surface area contributed by atoms with E-state index in [9.17, 15) is 14.7 Å².